The number of rotatable bonds is 8. The fraction of sp³-hybridized carbons (Fsp3) is 0.778. The Morgan fingerprint density at radius 3 is 2.47 bits per heavy atom. The molecule has 1 unspecified atom stereocenters. The molecule has 17 heavy (non-hydrogen) atoms. The topological polar surface area (TPSA) is 110 Å². The van der Waals surface area contributed by atoms with Gasteiger partial charge in [0.15, 0.2) is 0 Å². The van der Waals surface area contributed by atoms with Crippen LogP contribution >= 0.6 is 11.8 Å². The van der Waals surface area contributed by atoms with Crippen LogP contribution in [0.3, 0.4) is 0 Å². The summed E-state index contributed by atoms with van der Waals surface area (Å²) in [7, 11) is 0. The van der Waals surface area contributed by atoms with Crippen molar-refractivity contribution in [3.05, 3.63) is 0 Å². The summed E-state index contributed by atoms with van der Waals surface area (Å²) >= 11 is 1.27. The first-order valence-corrected chi connectivity index (χ1v) is 5.97. The summed E-state index contributed by atoms with van der Waals surface area (Å²) in [6.45, 7) is 0.923. The second-order valence-corrected chi connectivity index (χ2v) is 4.42. The van der Waals surface area contributed by atoms with Gasteiger partial charge >= 0.3 is 51.4 Å². The van der Waals surface area contributed by atoms with E-state index < -0.39 is 24.0 Å². The number of carbonyl (C=O) groups excluding carboxylic acids is 2. The van der Waals surface area contributed by atoms with Crippen LogP contribution < -0.4 is 61.8 Å². The van der Waals surface area contributed by atoms with E-state index in [4.69, 9.17) is 10.2 Å². The van der Waals surface area contributed by atoms with Crippen molar-refractivity contribution >= 4 is 23.6 Å². The van der Waals surface area contributed by atoms with Crippen LogP contribution in [-0.2, 0) is 9.59 Å². The first-order valence-electron chi connectivity index (χ1n) is 4.82. The van der Waals surface area contributed by atoms with E-state index in [1.54, 1.807) is 0 Å². The third-order valence-corrected chi connectivity index (χ3v) is 2.85. The summed E-state index contributed by atoms with van der Waals surface area (Å²) in [5, 5.41) is 30.4. The number of amides is 1. The third-order valence-electron chi connectivity index (χ3n) is 1.75. The number of carboxylic acids is 1. The number of carboxylic acid groups (broad SMARTS) is 1. The smallest absolute Gasteiger partial charge is 0.548 e. The molecule has 0 rings (SSSR count). The number of thioether (sulfide) groups is 1. The van der Waals surface area contributed by atoms with Gasteiger partial charge in [-0.25, -0.2) is 0 Å². The van der Waals surface area contributed by atoms with E-state index in [-0.39, 0.29) is 63.7 Å². The second kappa shape index (κ2) is 11.9. The molecule has 0 spiro atoms. The molecule has 0 aliphatic carbocycles. The molecule has 0 saturated carbocycles. The van der Waals surface area contributed by atoms with E-state index >= 15 is 0 Å². The molecule has 0 saturated heterocycles. The van der Waals surface area contributed by atoms with Crippen LogP contribution in [0.15, 0.2) is 0 Å². The van der Waals surface area contributed by atoms with E-state index in [2.05, 4.69) is 5.32 Å². The summed E-state index contributed by atoms with van der Waals surface area (Å²) in [6, 6.07) is -1.02. The van der Waals surface area contributed by atoms with Gasteiger partial charge in [-0.3, -0.25) is 4.79 Å². The number of hydrogen-bond acceptors (Lipinski definition) is 6. The van der Waals surface area contributed by atoms with Gasteiger partial charge in [-0.15, -0.1) is 0 Å². The zero-order valence-corrected chi connectivity index (χ0v) is 14.0. The molecular formula is C9H16KNO5S. The zero-order valence-electron chi connectivity index (χ0n) is 10.0. The average Bonchev–Trinajstić information content (AvgIpc) is 2.21. The minimum atomic E-state index is -1.33. The predicted octanol–water partition coefficient (Wildman–Crippen LogP) is -5.28. The maximum absolute atomic E-state index is 10.7. The van der Waals surface area contributed by atoms with Crippen LogP contribution in [0.4, 0.5) is 0 Å². The van der Waals surface area contributed by atoms with Gasteiger partial charge in [0, 0.05) is 12.7 Å². The molecule has 0 bridgehead atoms. The predicted molar refractivity (Wildman–Crippen MR) is 57.6 cm³/mol. The fourth-order valence-electron chi connectivity index (χ4n) is 0.926. The standard InChI is InChI=1S/C9H17NO5S.K/c1-6(12)10-8(9(14)15)5-16-3-2-7(13)4-11;/h7-8,11,13H,2-5H2,1H3,(H,10,12)(H,14,15);/q;+1/p-1/t7?,8-;/m0./s1/i6+1,8+1,9+1,10+1;. The Balaban J connectivity index is 0. The van der Waals surface area contributed by atoms with Crippen LogP contribution in [0.1, 0.15) is 13.3 Å². The Hall–Kier alpha value is 0.846. The van der Waals surface area contributed by atoms with Gasteiger partial charge in [-0.1, -0.05) is 0 Å². The van der Waals surface area contributed by atoms with Crippen molar-refractivity contribution in [2.75, 3.05) is 18.1 Å². The second-order valence-electron chi connectivity index (χ2n) is 3.27. The molecule has 3 N–H and O–H groups in total. The minimum absolute atomic E-state index is 0. The van der Waals surface area contributed by atoms with Crippen molar-refractivity contribution in [1.29, 1.82) is 0 Å². The normalized spacial score (nSPS) is 13.4. The van der Waals surface area contributed by atoms with E-state index in [1.807, 2.05) is 0 Å². The Bertz CT molecular complexity index is 241. The molecule has 0 radical (unpaired) electrons. The van der Waals surface area contributed by atoms with Gasteiger partial charge in [0.2, 0.25) is 5.91 Å². The molecule has 0 aromatic carbocycles. The van der Waals surface area contributed by atoms with Gasteiger partial charge in [0.05, 0.1) is 24.7 Å². The monoisotopic (exact) mass is 293 g/mol. The van der Waals surface area contributed by atoms with E-state index in [9.17, 15) is 14.7 Å². The third kappa shape index (κ3) is 11.7. The van der Waals surface area contributed by atoms with Crippen molar-refractivity contribution in [2.24, 2.45) is 0 Å². The van der Waals surface area contributed by atoms with Crippen molar-refractivity contribution in [3.63, 3.8) is 0 Å². The van der Waals surface area contributed by atoms with Gasteiger partial charge < -0.3 is 25.4 Å². The summed E-state index contributed by atoms with van der Waals surface area (Å²) in [4.78, 5) is 21.3. The molecule has 0 aliphatic heterocycles. The van der Waals surface area contributed by atoms with Gasteiger partial charge in [-0.2, -0.15) is 11.8 Å². The van der Waals surface area contributed by atoms with Gasteiger partial charge in [0.1, 0.15) is 0 Å². The molecule has 0 aromatic rings. The number of hydrogen-bond donors (Lipinski definition) is 3. The molecule has 0 heterocycles. The van der Waals surface area contributed by atoms with Crippen LogP contribution in [0.5, 0.6) is 0 Å². The van der Waals surface area contributed by atoms with Gasteiger partial charge in [0.25, 0.3) is 0 Å². The molecule has 0 aliphatic rings. The molecule has 1 amide bonds. The number of nitrogens with one attached hydrogen (secondary N) is 1. The first-order chi connectivity index (χ1) is 7.47. The summed E-state index contributed by atoms with van der Waals surface area (Å²) in [6.07, 6.45) is -0.407. The van der Waals surface area contributed by atoms with Crippen molar-refractivity contribution in [1.82, 2.24) is 5.32 Å². The molecular weight excluding hydrogens is 277 g/mol. The van der Waals surface area contributed by atoms with Crippen molar-refractivity contribution < 1.29 is 76.3 Å². The fourth-order valence-corrected chi connectivity index (χ4v) is 1.99. The molecule has 0 fully saturated rings. The first kappa shape index (κ1) is 20.2. The van der Waals surface area contributed by atoms with Crippen LogP contribution in [0, 0.1) is 0 Å². The quantitative estimate of drug-likeness (QED) is 0.178. The maximum Gasteiger partial charge on any atom is 1.00 e. The zero-order chi connectivity index (χ0) is 12.6. The number of aliphatic carboxylic acids is 1. The van der Waals surface area contributed by atoms with E-state index in [1.165, 1.54) is 18.7 Å². The molecule has 8 heteroatoms. The number of aliphatic hydroxyl groups excluding tert-OH is 2. The maximum atomic E-state index is 10.7. The molecule has 0 aromatic heterocycles. The Morgan fingerprint density at radius 1 is 1.47 bits per heavy atom. The summed E-state index contributed by atoms with van der Waals surface area (Å²) in [5.41, 5.74) is 0. The Kier molecular flexibility index (Phi) is 14.1. The van der Waals surface area contributed by atoms with Crippen LogP contribution in [0.25, 0.3) is 0 Å². The van der Waals surface area contributed by atoms with Crippen LogP contribution in [-0.4, -0.2) is 52.3 Å². The Morgan fingerprint density at radius 2 is 2.06 bits per heavy atom. The summed E-state index contributed by atoms with van der Waals surface area (Å²) < 4.78 is 0. The van der Waals surface area contributed by atoms with Crippen molar-refractivity contribution in [2.45, 2.75) is 25.5 Å². The van der Waals surface area contributed by atoms with Crippen LogP contribution in [0.2, 0.25) is 0 Å². The minimum Gasteiger partial charge on any atom is -0.548 e. The molecule has 2 atom stereocenters. The largest absolute Gasteiger partial charge is 1.00 e. The van der Waals surface area contributed by atoms with Gasteiger partial charge in [-0.05, 0) is 12.2 Å². The summed E-state index contributed by atoms with van der Waals surface area (Å²) in [5.74, 6) is -1.07. The molecule has 94 valence electrons. The van der Waals surface area contributed by atoms with E-state index in [0.29, 0.717) is 12.2 Å². The molecule has 6 nitrogen and oxygen atoms in total. The number of carbonyl (C=O) groups is 2. The average molecular weight is 293 g/mol. The Labute approximate surface area is 147 Å². The van der Waals surface area contributed by atoms with Crippen molar-refractivity contribution in [3.8, 4) is 0 Å². The van der Waals surface area contributed by atoms with E-state index in [0.717, 1.165) is 0 Å². The SMILES string of the molecule is C[13C](=O)[15NH][13C@@H](CSCCC(O)CO)[13C](=O)[O-].[K+]. The number of aliphatic hydroxyl groups is 2.